The van der Waals surface area contributed by atoms with Crippen LogP contribution in [0.5, 0.6) is 0 Å². The van der Waals surface area contributed by atoms with Gasteiger partial charge in [0.2, 0.25) is 0 Å². The molecule has 1 aliphatic rings. The van der Waals surface area contributed by atoms with E-state index in [9.17, 15) is 28.0 Å². The van der Waals surface area contributed by atoms with Gasteiger partial charge in [0, 0.05) is 12.6 Å². The number of nitrogens with one attached hydrogen (secondary N) is 1. The zero-order valence-corrected chi connectivity index (χ0v) is 15.3. The second-order valence-corrected chi connectivity index (χ2v) is 6.30. The fourth-order valence-electron chi connectivity index (χ4n) is 2.78. The number of fused-ring (bicyclic) bond motifs is 1. The lowest BCUT2D eigenvalue weighted by Gasteiger charge is -2.16. The van der Waals surface area contributed by atoms with Gasteiger partial charge in [-0.1, -0.05) is 12.1 Å². The number of carbonyl (C=O) groups is 4. The minimum atomic E-state index is -1.27. The molecule has 2 aromatic rings. The van der Waals surface area contributed by atoms with Crippen molar-refractivity contribution in [1.29, 1.82) is 0 Å². The first kappa shape index (κ1) is 20.1. The third-order valence-electron chi connectivity index (χ3n) is 4.28. The van der Waals surface area contributed by atoms with Crippen LogP contribution in [-0.2, 0) is 14.3 Å². The summed E-state index contributed by atoms with van der Waals surface area (Å²) in [5, 5.41) is 2.19. The highest BCUT2D eigenvalue weighted by Gasteiger charge is 2.35. The zero-order valence-electron chi connectivity index (χ0n) is 15.3. The molecule has 1 N–H and O–H groups in total. The van der Waals surface area contributed by atoms with E-state index in [0.717, 1.165) is 17.0 Å². The molecule has 0 saturated heterocycles. The lowest BCUT2D eigenvalue weighted by atomic mass is 10.1. The normalized spacial score (nSPS) is 13.8. The van der Waals surface area contributed by atoms with Gasteiger partial charge in [-0.2, -0.15) is 0 Å². The average Bonchev–Trinajstić information content (AvgIpc) is 2.93. The summed E-state index contributed by atoms with van der Waals surface area (Å²) in [6.45, 7) is 1.07. The summed E-state index contributed by atoms with van der Waals surface area (Å²) in [7, 11) is 0. The van der Waals surface area contributed by atoms with E-state index < -0.39 is 41.4 Å². The minimum absolute atomic E-state index is 0.202. The van der Waals surface area contributed by atoms with Gasteiger partial charge in [-0.15, -0.1) is 0 Å². The number of rotatable bonds is 6. The van der Waals surface area contributed by atoms with Crippen molar-refractivity contribution in [2.24, 2.45) is 0 Å². The quantitative estimate of drug-likeness (QED) is 0.592. The molecular formula is C20H16F2N2O5. The minimum Gasteiger partial charge on any atom is -0.452 e. The van der Waals surface area contributed by atoms with Crippen molar-refractivity contribution in [3.05, 3.63) is 65.2 Å². The van der Waals surface area contributed by atoms with Gasteiger partial charge in [-0.25, -0.2) is 8.78 Å². The van der Waals surface area contributed by atoms with Crippen LogP contribution in [0.15, 0.2) is 42.5 Å². The molecule has 0 aromatic heterocycles. The van der Waals surface area contributed by atoms with Gasteiger partial charge in [0.1, 0.15) is 11.6 Å². The van der Waals surface area contributed by atoms with E-state index in [4.69, 9.17) is 4.74 Å². The number of halogens is 2. The van der Waals surface area contributed by atoms with Crippen molar-refractivity contribution in [1.82, 2.24) is 4.90 Å². The van der Waals surface area contributed by atoms with Gasteiger partial charge in [-0.3, -0.25) is 24.1 Å². The van der Waals surface area contributed by atoms with Crippen LogP contribution in [0.1, 0.15) is 34.1 Å². The average molecular weight is 402 g/mol. The molecule has 3 rings (SSSR count). The number of imide groups is 1. The van der Waals surface area contributed by atoms with Crippen molar-refractivity contribution in [3.63, 3.8) is 0 Å². The van der Waals surface area contributed by atoms with Crippen LogP contribution in [0.25, 0.3) is 0 Å². The largest absolute Gasteiger partial charge is 0.452 e. The van der Waals surface area contributed by atoms with Crippen LogP contribution < -0.4 is 5.32 Å². The smallest absolute Gasteiger partial charge is 0.308 e. The fourth-order valence-corrected chi connectivity index (χ4v) is 2.78. The molecule has 3 amide bonds. The molecule has 0 aliphatic carbocycles. The number of carbonyl (C=O) groups excluding carboxylic acids is 4. The van der Waals surface area contributed by atoms with Crippen molar-refractivity contribution in [2.75, 3.05) is 11.9 Å². The van der Waals surface area contributed by atoms with E-state index in [1.54, 1.807) is 12.1 Å². The maximum atomic E-state index is 13.6. The van der Waals surface area contributed by atoms with Gasteiger partial charge < -0.3 is 10.1 Å². The maximum Gasteiger partial charge on any atom is 0.308 e. The summed E-state index contributed by atoms with van der Waals surface area (Å²) in [6, 6.07) is 8.92. The van der Waals surface area contributed by atoms with Gasteiger partial charge in [0.05, 0.1) is 23.2 Å². The molecule has 0 saturated carbocycles. The van der Waals surface area contributed by atoms with E-state index in [0.29, 0.717) is 6.07 Å². The number of nitrogens with zero attached hydrogens (tertiary/aromatic N) is 1. The Morgan fingerprint density at radius 3 is 2.28 bits per heavy atom. The van der Waals surface area contributed by atoms with E-state index >= 15 is 0 Å². The molecule has 29 heavy (non-hydrogen) atoms. The number of hydrogen-bond donors (Lipinski definition) is 1. The van der Waals surface area contributed by atoms with Crippen molar-refractivity contribution in [3.8, 4) is 0 Å². The van der Waals surface area contributed by atoms with Crippen LogP contribution in [0, 0.1) is 11.6 Å². The summed E-state index contributed by atoms with van der Waals surface area (Å²) < 4.78 is 31.4. The predicted octanol–water partition coefficient (Wildman–Crippen LogP) is 2.52. The standard InChI is InChI=1S/C20H16F2N2O5/c1-11(18(26)23-16-7-6-12(21)10-15(16)22)29-17(25)8-9-24-19(27)13-4-2-3-5-14(13)20(24)28/h2-7,10-11H,8-9H2,1H3,(H,23,26). The molecular weight excluding hydrogens is 386 g/mol. The first-order chi connectivity index (χ1) is 13.8. The van der Waals surface area contributed by atoms with Crippen LogP contribution in [0.4, 0.5) is 14.5 Å². The number of esters is 1. The second-order valence-electron chi connectivity index (χ2n) is 6.30. The Morgan fingerprint density at radius 1 is 1.07 bits per heavy atom. The summed E-state index contributed by atoms with van der Waals surface area (Å²) >= 11 is 0. The maximum absolute atomic E-state index is 13.6. The molecule has 2 aromatic carbocycles. The molecule has 0 spiro atoms. The SMILES string of the molecule is CC(OC(=O)CCN1C(=O)c2ccccc2C1=O)C(=O)Nc1ccc(F)cc1F. The number of ether oxygens (including phenoxy) is 1. The van der Waals surface area contributed by atoms with Crippen molar-refractivity contribution in [2.45, 2.75) is 19.4 Å². The number of benzene rings is 2. The Labute approximate surface area is 164 Å². The highest BCUT2D eigenvalue weighted by atomic mass is 19.1. The first-order valence-electron chi connectivity index (χ1n) is 8.68. The second kappa shape index (κ2) is 8.17. The highest BCUT2D eigenvalue weighted by Crippen LogP contribution is 2.22. The molecule has 1 atom stereocenters. The lowest BCUT2D eigenvalue weighted by molar-refractivity contribution is -0.153. The Balaban J connectivity index is 1.52. The van der Waals surface area contributed by atoms with Crippen LogP contribution in [-0.4, -0.2) is 41.2 Å². The zero-order chi connectivity index (χ0) is 21.1. The lowest BCUT2D eigenvalue weighted by Crippen LogP contribution is -2.34. The molecule has 150 valence electrons. The third-order valence-corrected chi connectivity index (χ3v) is 4.28. The van der Waals surface area contributed by atoms with Gasteiger partial charge >= 0.3 is 5.97 Å². The van der Waals surface area contributed by atoms with Crippen LogP contribution in [0.3, 0.4) is 0 Å². The van der Waals surface area contributed by atoms with Crippen LogP contribution >= 0.6 is 0 Å². The Hall–Kier alpha value is -3.62. The Kier molecular flexibility index (Phi) is 5.67. The van der Waals surface area contributed by atoms with Gasteiger partial charge in [-0.05, 0) is 31.2 Å². The molecule has 1 unspecified atom stereocenters. The molecule has 1 heterocycles. The molecule has 9 heteroatoms. The molecule has 0 fully saturated rings. The van der Waals surface area contributed by atoms with Crippen molar-refractivity contribution < 1.29 is 32.7 Å². The van der Waals surface area contributed by atoms with Gasteiger partial charge in [0.25, 0.3) is 17.7 Å². The van der Waals surface area contributed by atoms with Crippen LogP contribution in [0.2, 0.25) is 0 Å². The number of amides is 3. The summed E-state index contributed by atoms with van der Waals surface area (Å²) in [4.78, 5) is 49.4. The molecule has 1 aliphatic heterocycles. The summed E-state index contributed by atoms with van der Waals surface area (Å²) in [5.74, 6) is -4.41. The van der Waals surface area contributed by atoms with E-state index in [1.165, 1.54) is 19.1 Å². The summed E-state index contributed by atoms with van der Waals surface area (Å²) in [6.07, 6.45) is -1.58. The van der Waals surface area contributed by atoms with E-state index in [2.05, 4.69) is 5.32 Å². The third kappa shape index (κ3) is 4.29. The topological polar surface area (TPSA) is 92.8 Å². The predicted molar refractivity (Wildman–Crippen MR) is 97.0 cm³/mol. The number of anilines is 1. The van der Waals surface area contributed by atoms with E-state index in [1.807, 2.05) is 0 Å². The molecule has 0 bridgehead atoms. The van der Waals surface area contributed by atoms with E-state index in [-0.39, 0.29) is 29.8 Å². The monoisotopic (exact) mass is 402 g/mol. The summed E-state index contributed by atoms with van der Waals surface area (Å²) in [5.41, 5.74) is 0.269. The van der Waals surface area contributed by atoms with Crippen molar-refractivity contribution >= 4 is 29.4 Å². The Morgan fingerprint density at radius 2 is 1.69 bits per heavy atom. The van der Waals surface area contributed by atoms with Gasteiger partial charge in [0.15, 0.2) is 6.10 Å². The Bertz CT molecular complexity index is 973. The highest BCUT2D eigenvalue weighted by molar-refractivity contribution is 6.21. The molecule has 0 radical (unpaired) electrons. The molecule has 7 nitrogen and oxygen atoms in total. The first-order valence-corrected chi connectivity index (χ1v) is 8.68. The fraction of sp³-hybridized carbons (Fsp3) is 0.200. The number of hydrogen-bond acceptors (Lipinski definition) is 5.